The minimum atomic E-state index is -0.0744. The van der Waals surface area contributed by atoms with Crippen LogP contribution in [-0.4, -0.2) is 25.1 Å². The summed E-state index contributed by atoms with van der Waals surface area (Å²) in [4.78, 5) is 15.9. The van der Waals surface area contributed by atoms with E-state index in [4.69, 9.17) is 9.47 Å². The maximum atomic E-state index is 11.6. The van der Waals surface area contributed by atoms with Crippen LogP contribution in [0.2, 0.25) is 0 Å². The van der Waals surface area contributed by atoms with E-state index in [9.17, 15) is 4.79 Å². The largest absolute Gasteiger partial charge is 0.493 e. The molecule has 0 aliphatic heterocycles. The Kier molecular flexibility index (Phi) is 6.01. The fourth-order valence-corrected chi connectivity index (χ4v) is 2.04. The standard InChI is InChI=1S/C18H23N3O3/c1-12(2)18(22)21-17-8-6-14(11-20-17)19-10-13-5-7-15(23-3)16(9-13)24-4/h5-9,11-12,19H,10H2,1-4H3,(H,20,21,22). The minimum Gasteiger partial charge on any atom is -0.493 e. The lowest BCUT2D eigenvalue weighted by atomic mass is 10.2. The molecule has 0 fully saturated rings. The molecule has 2 aromatic rings. The van der Waals surface area contributed by atoms with Gasteiger partial charge in [-0.25, -0.2) is 4.98 Å². The van der Waals surface area contributed by atoms with Crippen molar-refractivity contribution in [2.75, 3.05) is 24.9 Å². The molecule has 6 nitrogen and oxygen atoms in total. The number of aromatic nitrogens is 1. The van der Waals surface area contributed by atoms with Crippen LogP contribution < -0.4 is 20.1 Å². The van der Waals surface area contributed by atoms with Crippen molar-refractivity contribution in [2.45, 2.75) is 20.4 Å². The van der Waals surface area contributed by atoms with Gasteiger partial charge < -0.3 is 20.1 Å². The molecule has 0 aliphatic rings. The molecule has 2 rings (SSSR count). The van der Waals surface area contributed by atoms with Crippen LogP contribution in [-0.2, 0) is 11.3 Å². The topological polar surface area (TPSA) is 72.5 Å². The number of amides is 1. The lowest BCUT2D eigenvalue weighted by molar-refractivity contribution is -0.118. The molecular weight excluding hydrogens is 306 g/mol. The van der Waals surface area contributed by atoms with Gasteiger partial charge in [-0.3, -0.25) is 4.79 Å². The summed E-state index contributed by atoms with van der Waals surface area (Å²) in [5.74, 6) is 1.82. The number of methoxy groups -OCH3 is 2. The first-order chi connectivity index (χ1) is 11.5. The Bertz CT molecular complexity index is 684. The van der Waals surface area contributed by atoms with Gasteiger partial charge in [-0.1, -0.05) is 19.9 Å². The maximum absolute atomic E-state index is 11.6. The quantitative estimate of drug-likeness (QED) is 0.815. The van der Waals surface area contributed by atoms with Crippen LogP contribution in [0.4, 0.5) is 11.5 Å². The predicted molar refractivity (Wildman–Crippen MR) is 94.6 cm³/mol. The third-order valence-electron chi connectivity index (χ3n) is 3.48. The number of pyridine rings is 1. The molecule has 0 aliphatic carbocycles. The normalized spacial score (nSPS) is 10.4. The van der Waals surface area contributed by atoms with Crippen molar-refractivity contribution < 1.29 is 14.3 Å². The Balaban J connectivity index is 1.96. The zero-order valence-corrected chi connectivity index (χ0v) is 14.4. The molecule has 0 spiro atoms. The van der Waals surface area contributed by atoms with E-state index < -0.39 is 0 Å². The average molecular weight is 329 g/mol. The van der Waals surface area contributed by atoms with Gasteiger partial charge in [0.1, 0.15) is 5.82 Å². The molecule has 0 atom stereocenters. The number of rotatable bonds is 7. The van der Waals surface area contributed by atoms with Crippen LogP contribution in [0.15, 0.2) is 36.5 Å². The first-order valence-corrected chi connectivity index (χ1v) is 7.75. The van der Waals surface area contributed by atoms with Gasteiger partial charge in [0, 0.05) is 12.5 Å². The number of carbonyl (C=O) groups is 1. The number of benzene rings is 1. The van der Waals surface area contributed by atoms with Crippen molar-refractivity contribution in [3.05, 3.63) is 42.1 Å². The first kappa shape index (κ1) is 17.6. The molecular formula is C18H23N3O3. The highest BCUT2D eigenvalue weighted by Gasteiger charge is 2.08. The van der Waals surface area contributed by atoms with Crippen LogP contribution in [0.1, 0.15) is 19.4 Å². The molecule has 0 saturated heterocycles. The van der Waals surface area contributed by atoms with Crippen LogP contribution in [0.5, 0.6) is 11.5 Å². The summed E-state index contributed by atoms with van der Waals surface area (Å²) in [7, 11) is 3.23. The maximum Gasteiger partial charge on any atom is 0.228 e. The summed E-state index contributed by atoms with van der Waals surface area (Å²) in [6, 6.07) is 9.43. The molecule has 0 saturated carbocycles. The van der Waals surface area contributed by atoms with Crippen molar-refractivity contribution in [1.82, 2.24) is 4.98 Å². The van der Waals surface area contributed by atoms with E-state index >= 15 is 0 Å². The molecule has 0 bridgehead atoms. The highest BCUT2D eigenvalue weighted by molar-refractivity contribution is 5.91. The molecule has 0 unspecified atom stereocenters. The first-order valence-electron chi connectivity index (χ1n) is 7.75. The zero-order chi connectivity index (χ0) is 17.5. The van der Waals surface area contributed by atoms with E-state index in [2.05, 4.69) is 15.6 Å². The number of hydrogen-bond donors (Lipinski definition) is 2. The van der Waals surface area contributed by atoms with E-state index in [0.29, 0.717) is 23.9 Å². The summed E-state index contributed by atoms with van der Waals surface area (Å²) in [6.45, 7) is 4.31. The van der Waals surface area contributed by atoms with Crippen molar-refractivity contribution >= 4 is 17.4 Å². The van der Waals surface area contributed by atoms with Crippen molar-refractivity contribution in [1.29, 1.82) is 0 Å². The molecule has 2 N–H and O–H groups in total. The lowest BCUT2D eigenvalue weighted by Gasteiger charge is -2.11. The van der Waals surface area contributed by atoms with Gasteiger partial charge in [0.05, 0.1) is 26.1 Å². The summed E-state index contributed by atoms with van der Waals surface area (Å²) in [6.07, 6.45) is 1.69. The molecule has 1 heterocycles. The van der Waals surface area contributed by atoms with E-state index in [1.807, 2.05) is 38.1 Å². The molecule has 1 aromatic heterocycles. The molecule has 1 aromatic carbocycles. The number of ether oxygens (including phenoxy) is 2. The second-order valence-electron chi connectivity index (χ2n) is 5.62. The Labute approximate surface area is 142 Å². The van der Waals surface area contributed by atoms with Crippen LogP contribution in [0.25, 0.3) is 0 Å². The second kappa shape index (κ2) is 8.19. The smallest absolute Gasteiger partial charge is 0.228 e. The van der Waals surface area contributed by atoms with Gasteiger partial charge >= 0.3 is 0 Å². The number of hydrogen-bond acceptors (Lipinski definition) is 5. The Morgan fingerprint density at radius 2 is 1.88 bits per heavy atom. The fraction of sp³-hybridized carbons (Fsp3) is 0.333. The number of carbonyl (C=O) groups excluding carboxylic acids is 1. The molecule has 0 radical (unpaired) electrons. The number of nitrogens with one attached hydrogen (secondary N) is 2. The van der Waals surface area contributed by atoms with E-state index in [1.54, 1.807) is 26.5 Å². The Morgan fingerprint density at radius 1 is 1.12 bits per heavy atom. The zero-order valence-electron chi connectivity index (χ0n) is 14.4. The lowest BCUT2D eigenvalue weighted by Crippen LogP contribution is -2.18. The van der Waals surface area contributed by atoms with Crippen LogP contribution in [0.3, 0.4) is 0 Å². The van der Waals surface area contributed by atoms with Crippen molar-refractivity contribution in [3.63, 3.8) is 0 Å². The monoisotopic (exact) mass is 329 g/mol. The summed E-state index contributed by atoms with van der Waals surface area (Å²) < 4.78 is 10.5. The summed E-state index contributed by atoms with van der Waals surface area (Å²) in [5.41, 5.74) is 1.93. The second-order valence-corrected chi connectivity index (χ2v) is 5.62. The number of nitrogens with zero attached hydrogens (tertiary/aromatic N) is 1. The minimum absolute atomic E-state index is 0.0477. The van der Waals surface area contributed by atoms with Gasteiger partial charge in [0.25, 0.3) is 0 Å². The molecule has 6 heteroatoms. The third kappa shape index (κ3) is 4.62. The highest BCUT2D eigenvalue weighted by Crippen LogP contribution is 2.27. The molecule has 1 amide bonds. The van der Waals surface area contributed by atoms with Gasteiger partial charge in [-0.2, -0.15) is 0 Å². The fourth-order valence-electron chi connectivity index (χ4n) is 2.04. The third-order valence-corrected chi connectivity index (χ3v) is 3.48. The van der Waals surface area contributed by atoms with Crippen molar-refractivity contribution in [3.8, 4) is 11.5 Å². The molecule has 128 valence electrons. The van der Waals surface area contributed by atoms with Crippen molar-refractivity contribution in [2.24, 2.45) is 5.92 Å². The summed E-state index contributed by atoms with van der Waals surface area (Å²) >= 11 is 0. The van der Waals surface area contributed by atoms with Gasteiger partial charge in [0.2, 0.25) is 5.91 Å². The number of anilines is 2. The average Bonchev–Trinajstić information content (AvgIpc) is 2.60. The van der Waals surface area contributed by atoms with E-state index in [1.165, 1.54) is 0 Å². The predicted octanol–water partition coefficient (Wildman–Crippen LogP) is 3.31. The molecule has 24 heavy (non-hydrogen) atoms. The van der Waals surface area contributed by atoms with Crippen LogP contribution in [0, 0.1) is 5.92 Å². The SMILES string of the molecule is COc1ccc(CNc2ccc(NC(=O)C(C)C)nc2)cc1OC. The summed E-state index contributed by atoms with van der Waals surface area (Å²) in [5, 5.41) is 6.04. The van der Waals surface area contributed by atoms with E-state index in [-0.39, 0.29) is 11.8 Å². The van der Waals surface area contributed by atoms with E-state index in [0.717, 1.165) is 11.3 Å². The van der Waals surface area contributed by atoms with Gasteiger partial charge in [-0.05, 0) is 29.8 Å². The Morgan fingerprint density at radius 3 is 2.46 bits per heavy atom. The van der Waals surface area contributed by atoms with Gasteiger partial charge in [0.15, 0.2) is 11.5 Å². The highest BCUT2D eigenvalue weighted by atomic mass is 16.5. The van der Waals surface area contributed by atoms with Gasteiger partial charge in [-0.15, -0.1) is 0 Å². The van der Waals surface area contributed by atoms with Crippen LogP contribution >= 0.6 is 0 Å². The Hall–Kier alpha value is -2.76.